The summed E-state index contributed by atoms with van der Waals surface area (Å²) in [6.07, 6.45) is -8.39. The third kappa shape index (κ3) is 4.05. The van der Waals surface area contributed by atoms with E-state index in [1.807, 2.05) is 0 Å². The number of aliphatic hydroxyl groups excluding tert-OH is 4. The van der Waals surface area contributed by atoms with Crippen LogP contribution in [0.2, 0.25) is 0 Å². The van der Waals surface area contributed by atoms with Gasteiger partial charge >= 0.3 is 0 Å². The lowest BCUT2D eigenvalue weighted by molar-refractivity contribution is -0.277. The fourth-order valence-corrected chi connectivity index (χ4v) is 3.73. The van der Waals surface area contributed by atoms with Gasteiger partial charge in [0.2, 0.25) is 23.2 Å². The molecule has 188 valence electrons. The summed E-state index contributed by atoms with van der Waals surface area (Å²) >= 11 is 0. The molecule has 1 aromatic heterocycles. The van der Waals surface area contributed by atoms with Gasteiger partial charge in [0.25, 0.3) is 0 Å². The van der Waals surface area contributed by atoms with Gasteiger partial charge in [-0.15, -0.1) is 0 Å². The number of rotatable bonds is 5. The van der Waals surface area contributed by atoms with Gasteiger partial charge in [-0.3, -0.25) is 4.79 Å². The van der Waals surface area contributed by atoms with Gasteiger partial charge in [-0.2, -0.15) is 0 Å². The number of aliphatic hydroxyl groups is 4. The Morgan fingerprint density at radius 2 is 1.60 bits per heavy atom. The summed E-state index contributed by atoms with van der Waals surface area (Å²) in [5, 5.41) is 79.4. The van der Waals surface area contributed by atoms with E-state index in [1.54, 1.807) is 0 Å². The standard InChI is InChI=1S/C22H22O13/c1-32-21-15(29)13-10(26)5-11(27)19(35-22-17(31)16(30)14(28)12(6-23)33-22)20(13)34-18(21)7-2-3-8(24)9(25)4-7/h2-5,12,14,16-17,22-28,30-31H,6H2,1H3/t12-,14-,16+,17-,22+/m1/s1. The number of benzene rings is 2. The van der Waals surface area contributed by atoms with Gasteiger partial charge in [0.1, 0.15) is 35.6 Å². The molecule has 1 aliphatic heterocycles. The molecule has 0 saturated carbocycles. The van der Waals surface area contributed by atoms with Crippen LogP contribution < -0.4 is 14.9 Å². The summed E-state index contributed by atoms with van der Waals surface area (Å²) < 4.78 is 21.7. The second kappa shape index (κ2) is 9.13. The van der Waals surface area contributed by atoms with Crippen LogP contribution in [0.25, 0.3) is 22.3 Å². The SMILES string of the molecule is COc1c(-c2ccc(O)c(O)c2)oc2c(O[C@@H]3O[C@H](CO)[C@@H](O)[C@H](O)[C@H]3O)c(O)cc(O)c2c1=O. The molecule has 5 atom stereocenters. The highest BCUT2D eigenvalue weighted by atomic mass is 16.7. The Morgan fingerprint density at radius 3 is 2.23 bits per heavy atom. The van der Waals surface area contributed by atoms with Crippen LogP contribution in [0.4, 0.5) is 0 Å². The molecule has 0 aliphatic carbocycles. The molecule has 0 radical (unpaired) electrons. The Hall–Kier alpha value is -3.75. The maximum atomic E-state index is 13.2. The number of hydrogen-bond acceptors (Lipinski definition) is 13. The van der Waals surface area contributed by atoms with Crippen molar-refractivity contribution in [1.29, 1.82) is 0 Å². The van der Waals surface area contributed by atoms with Crippen molar-refractivity contribution in [1.82, 2.24) is 0 Å². The van der Waals surface area contributed by atoms with E-state index in [1.165, 1.54) is 6.07 Å². The quantitative estimate of drug-likeness (QED) is 0.209. The van der Waals surface area contributed by atoms with Gasteiger partial charge in [0, 0.05) is 11.6 Å². The lowest BCUT2D eigenvalue weighted by Gasteiger charge is -2.39. The minimum absolute atomic E-state index is 0.0674. The molecule has 1 fully saturated rings. The van der Waals surface area contributed by atoms with Gasteiger partial charge in [-0.25, -0.2) is 0 Å². The Balaban J connectivity index is 1.92. The zero-order chi connectivity index (χ0) is 25.6. The first-order valence-corrected chi connectivity index (χ1v) is 10.2. The van der Waals surface area contributed by atoms with Gasteiger partial charge in [0.05, 0.1) is 13.7 Å². The molecule has 0 spiro atoms. The minimum Gasteiger partial charge on any atom is -0.507 e. The van der Waals surface area contributed by atoms with Crippen molar-refractivity contribution < 1.29 is 59.5 Å². The molecule has 8 N–H and O–H groups in total. The van der Waals surface area contributed by atoms with Crippen LogP contribution in [0.1, 0.15) is 0 Å². The summed E-state index contributed by atoms with van der Waals surface area (Å²) in [5.74, 6) is -3.69. The number of aromatic hydroxyl groups is 4. The largest absolute Gasteiger partial charge is 0.507 e. The zero-order valence-electron chi connectivity index (χ0n) is 18.0. The van der Waals surface area contributed by atoms with Crippen LogP contribution in [0.5, 0.6) is 34.5 Å². The second-order valence-corrected chi connectivity index (χ2v) is 7.76. The monoisotopic (exact) mass is 494 g/mol. The van der Waals surface area contributed by atoms with Crippen molar-refractivity contribution in [3.05, 3.63) is 34.5 Å². The van der Waals surface area contributed by atoms with Crippen LogP contribution in [-0.2, 0) is 4.74 Å². The Labute approximate surface area is 195 Å². The van der Waals surface area contributed by atoms with Crippen molar-refractivity contribution in [2.45, 2.75) is 30.7 Å². The highest BCUT2D eigenvalue weighted by Gasteiger charge is 2.45. The molecule has 13 heteroatoms. The zero-order valence-corrected chi connectivity index (χ0v) is 18.0. The molecule has 35 heavy (non-hydrogen) atoms. The number of ether oxygens (including phenoxy) is 3. The topological polar surface area (TPSA) is 220 Å². The van der Waals surface area contributed by atoms with E-state index in [-0.39, 0.29) is 17.1 Å². The number of phenolic OH excluding ortho intramolecular Hbond substituents is 4. The van der Waals surface area contributed by atoms with Crippen LogP contribution >= 0.6 is 0 Å². The van der Waals surface area contributed by atoms with Gasteiger partial charge in [0.15, 0.2) is 28.6 Å². The Morgan fingerprint density at radius 1 is 0.886 bits per heavy atom. The second-order valence-electron chi connectivity index (χ2n) is 7.76. The first kappa shape index (κ1) is 24.4. The molecule has 2 heterocycles. The highest BCUT2D eigenvalue weighted by Crippen LogP contribution is 2.44. The Kier molecular flexibility index (Phi) is 6.36. The smallest absolute Gasteiger partial charge is 0.239 e. The maximum absolute atomic E-state index is 13.2. The van der Waals surface area contributed by atoms with E-state index in [4.69, 9.17) is 18.6 Å². The predicted octanol–water partition coefficient (Wildman–Crippen LogP) is -0.530. The Bertz CT molecular complexity index is 1320. The van der Waals surface area contributed by atoms with Gasteiger partial charge in [-0.1, -0.05) is 0 Å². The van der Waals surface area contributed by atoms with Crippen molar-refractivity contribution >= 4 is 11.0 Å². The molecular formula is C22H22O13. The fourth-order valence-electron chi connectivity index (χ4n) is 3.73. The van der Waals surface area contributed by atoms with E-state index in [0.29, 0.717) is 0 Å². The third-order valence-corrected chi connectivity index (χ3v) is 5.56. The predicted molar refractivity (Wildman–Crippen MR) is 116 cm³/mol. The molecule has 4 rings (SSSR count). The number of phenols is 4. The average molecular weight is 494 g/mol. The summed E-state index contributed by atoms with van der Waals surface area (Å²) in [4.78, 5) is 13.2. The molecular weight excluding hydrogens is 472 g/mol. The summed E-state index contributed by atoms with van der Waals surface area (Å²) in [6, 6.07) is 4.26. The van der Waals surface area contributed by atoms with Crippen LogP contribution in [0, 0.1) is 0 Å². The average Bonchev–Trinajstić information content (AvgIpc) is 2.82. The molecule has 1 aliphatic rings. The third-order valence-electron chi connectivity index (χ3n) is 5.56. The first-order chi connectivity index (χ1) is 16.6. The first-order valence-electron chi connectivity index (χ1n) is 10.2. The molecule has 13 nitrogen and oxygen atoms in total. The van der Waals surface area contributed by atoms with E-state index < -0.39 is 82.5 Å². The highest BCUT2D eigenvalue weighted by molar-refractivity contribution is 5.93. The summed E-state index contributed by atoms with van der Waals surface area (Å²) in [5.41, 5.74) is -1.35. The maximum Gasteiger partial charge on any atom is 0.239 e. The van der Waals surface area contributed by atoms with Gasteiger partial charge < -0.3 is 59.5 Å². The summed E-state index contributed by atoms with van der Waals surface area (Å²) in [6.45, 7) is -0.742. The van der Waals surface area contributed by atoms with E-state index in [0.717, 1.165) is 25.3 Å². The van der Waals surface area contributed by atoms with E-state index >= 15 is 0 Å². The lowest BCUT2D eigenvalue weighted by atomic mass is 9.99. The number of fused-ring (bicyclic) bond motifs is 1. The molecule has 2 aromatic carbocycles. The van der Waals surface area contributed by atoms with Crippen molar-refractivity contribution in [3.63, 3.8) is 0 Å². The molecule has 0 unspecified atom stereocenters. The van der Waals surface area contributed by atoms with Crippen LogP contribution in [0.15, 0.2) is 33.5 Å². The van der Waals surface area contributed by atoms with Gasteiger partial charge in [-0.05, 0) is 18.2 Å². The minimum atomic E-state index is -1.85. The normalized spacial score (nSPS) is 24.4. The molecule has 0 bridgehead atoms. The van der Waals surface area contributed by atoms with E-state index in [9.17, 15) is 45.6 Å². The van der Waals surface area contributed by atoms with Crippen LogP contribution in [0.3, 0.4) is 0 Å². The molecule has 1 saturated heterocycles. The molecule has 3 aromatic rings. The summed E-state index contributed by atoms with van der Waals surface area (Å²) in [7, 11) is 1.16. The fraction of sp³-hybridized carbons (Fsp3) is 0.318. The van der Waals surface area contributed by atoms with Crippen LogP contribution in [-0.4, -0.2) is 85.3 Å². The molecule has 0 amide bonds. The van der Waals surface area contributed by atoms with E-state index in [2.05, 4.69) is 0 Å². The number of methoxy groups -OCH3 is 1. The van der Waals surface area contributed by atoms with Crippen molar-refractivity contribution in [2.75, 3.05) is 13.7 Å². The number of hydrogen-bond donors (Lipinski definition) is 8. The van der Waals surface area contributed by atoms with Crippen molar-refractivity contribution in [3.8, 4) is 45.8 Å². The lowest BCUT2D eigenvalue weighted by Crippen LogP contribution is -2.60. The van der Waals surface area contributed by atoms with Crippen molar-refractivity contribution in [2.24, 2.45) is 0 Å².